The maximum atomic E-state index is 11.5. The Morgan fingerprint density at radius 1 is 1.03 bits per heavy atom. The maximum absolute atomic E-state index is 11.5. The van der Waals surface area contributed by atoms with Gasteiger partial charge in [0.15, 0.2) is 11.5 Å². The zero-order valence-electron chi connectivity index (χ0n) is 16.9. The van der Waals surface area contributed by atoms with E-state index >= 15 is 0 Å². The zero-order chi connectivity index (χ0) is 20.9. The summed E-state index contributed by atoms with van der Waals surface area (Å²) in [7, 11) is 1.63. The van der Waals surface area contributed by atoms with Crippen LogP contribution < -0.4 is 9.47 Å². The molecule has 8 nitrogen and oxygen atoms in total. The largest absolute Gasteiger partial charge is 0.497 e. The van der Waals surface area contributed by atoms with Gasteiger partial charge in [-0.2, -0.15) is 4.52 Å². The number of benzene rings is 2. The molecule has 0 amide bonds. The van der Waals surface area contributed by atoms with Crippen molar-refractivity contribution >= 4 is 22.4 Å². The summed E-state index contributed by atoms with van der Waals surface area (Å²) in [5, 5.41) is 15.1. The number of esters is 1. The fourth-order valence-electron chi connectivity index (χ4n) is 3.20. The van der Waals surface area contributed by atoms with Crippen molar-refractivity contribution in [3.63, 3.8) is 0 Å². The molecular weight excluding hydrogens is 384 g/mol. The monoisotopic (exact) mass is 406 g/mol. The first kappa shape index (κ1) is 19.6. The Morgan fingerprint density at radius 3 is 2.53 bits per heavy atom. The predicted molar refractivity (Wildman–Crippen MR) is 112 cm³/mol. The highest BCUT2D eigenvalue weighted by Crippen LogP contribution is 2.29. The highest BCUT2D eigenvalue weighted by Gasteiger charge is 2.16. The van der Waals surface area contributed by atoms with Crippen LogP contribution in [0.4, 0.5) is 0 Å². The molecule has 0 unspecified atom stereocenters. The lowest BCUT2D eigenvalue weighted by atomic mass is 10.2. The third kappa shape index (κ3) is 3.89. The minimum absolute atomic E-state index is 0.227. The van der Waals surface area contributed by atoms with E-state index in [1.54, 1.807) is 18.5 Å². The number of carbonyl (C=O) groups is 1. The van der Waals surface area contributed by atoms with Gasteiger partial charge in [0.2, 0.25) is 5.88 Å². The minimum Gasteiger partial charge on any atom is -0.497 e. The highest BCUT2D eigenvalue weighted by atomic mass is 16.5. The Balaban J connectivity index is 1.67. The van der Waals surface area contributed by atoms with Crippen molar-refractivity contribution in [2.45, 2.75) is 19.8 Å². The van der Waals surface area contributed by atoms with Gasteiger partial charge in [0.05, 0.1) is 20.3 Å². The zero-order valence-corrected chi connectivity index (χ0v) is 16.9. The summed E-state index contributed by atoms with van der Waals surface area (Å²) < 4.78 is 17.8. The van der Waals surface area contributed by atoms with Gasteiger partial charge < -0.3 is 14.2 Å². The van der Waals surface area contributed by atoms with Crippen molar-refractivity contribution in [3.8, 4) is 23.0 Å². The number of aromatic nitrogens is 4. The molecule has 0 aliphatic carbocycles. The Kier molecular flexibility index (Phi) is 5.74. The van der Waals surface area contributed by atoms with Crippen LogP contribution in [0.15, 0.2) is 48.5 Å². The molecule has 2 aromatic heterocycles. The van der Waals surface area contributed by atoms with E-state index < -0.39 is 0 Å². The number of hydrogen-bond acceptors (Lipinski definition) is 7. The lowest BCUT2D eigenvalue weighted by molar-refractivity contribution is -0.143. The van der Waals surface area contributed by atoms with E-state index in [4.69, 9.17) is 14.2 Å². The van der Waals surface area contributed by atoms with Gasteiger partial charge in [-0.25, -0.2) is 0 Å². The average molecular weight is 406 g/mol. The molecule has 8 heteroatoms. The van der Waals surface area contributed by atoms with Gasteiger partial charge in [-0.05, 0) is 43.7 Å². The molecule has 0 spiro atoms. The number of fused-ring (bicyclic) bond motifs is 3. The van der Waals surface area contributed by atoms with Crippen LogP contribution in [0, 0.1) is 0 Å². The third-order valence-corrected chi connectivity index (χ3v) is 4.65. The number of nitrogens with zero attached hydrogens (tertiary/aromatic N) is 4. The van der Waals surface area contributed by atoms with Gasteiger partial charge in [0.1, 0.15) is 5.75 Å². The van der Waals surface area contributed by atoms with Crippen molar-refractivity contribution in [1.29, 1.82) is 0 Å². The van der Waals surface area contributed by atoms with Crippen LogP contribution in [-0.2, 0) is 9.53 Å². The number of methoxy groups -OCH3 is 1. The Labute approximate surface area is 173 Å². The van der Waals surface area contributed by atoms with Crippen LogP contribution in [0.1, 0.15) is 19.8 Å². The van der Waals surface area contributed by atoms with Crippen molar-refractivity contribution in [2.75, 3.05) is 20.3 Å². The molecule has 0 saturated carbocycles. The second-order valence-electron chi connectivity index (χ2n) is 6.60. The summed E-state index contributed by atoms with van der Waals surface area (Å²) in [5.74, 6) is 1.61. The van der Waals surface area contributed by atoms with Gasteiger partial charge >= 0.3 is 5.97 Å². The summed E-state index contributed by atoms with van der Waals surface area (Å²) in [6.45, 7) is 2.52. The molecule has 0 N–H and O–H groups in total. The first-order valence-corrected chi connectivity index (χ1v) is 9.78. The Bertz CT molecular complexity index is 1170. The van der Waals surface area contributed by atoms with Crippen molar-refractivity contribution in [2.24, 2.45) is 0 Å². The lowest BCUT2D eigenvalue weighted by Gasteiger charge is -2.10. The Morgan fingerprint density at radius 2 is 1.80 bits per heavy atom. The van der Waals surface area contributed by atoms with Crippen molar-refractivity contribution < 1.29 is 19.0 Å². The molecule has 0 fully saturated rings. The van der Waals surface area contributed by atoms with Gasteiger partial charge in [0, 0.05) is 22.8 Å². The summed E-state index contributed by atoms with van der Waals surface area (Å²) in [5.41, 5.74) is 1.51. The van der Waals surface area contributed by atoms with Crippen LogP contribution in [-0.4, -0.2) is 46.1 Å². The van der Waals surface area contributed by atoms with Crippen LogP contribution >= 0.6 is 0 Å². The van der Waals surface area contributed by atoms with Gasteiger partial charge in [-0.3, -0.25) is 4.79 Å². The number of hydrogen-bond donors (Lipinski definition) is 0. The van der Waals surface area contributed by atoms with E-state index in [1.165, 1.54) is 0 Å². The molecule has 0 aliphatic rings. The SMILES string of the molecule is CCOC(=O)CCCOc1nn2c(-c3ccc(OC)cc3)nnc2c2ccccc12. The van der Waals surface area contributed by atoms with E-state index in [0.29, 0.717) is 43.4 Å². The van der Waals surface area contributed by atoms with Gasteiger partial charge in [-0.1, -0.05) is 18.2 Å². The maximum Gasteiger partial charge on any atom is 0.305 e. The molecule has 2 heterocycles. The molecule has 2 aromatic carbocycles. The second-order valence-corrected chi connectivity index (χ2v) is 6.60. The quantitative estimate of drug-likeness (QED) is 0.326. The van der Waals surface area contributed by atoms with Crippen LogP contribution in [0.3, 0.4) is 0 Å². The molecule has 0 aliphatic heterocycles. The molecule has 154 valence electrons. The standard InChI is InChI=1S/C22H22N4O4/c1-3-29-19(27)9-6-14-30-22-18-8-5-4-7-17(18)21-24-23-20(26(21)25-22)15-10-12-16(28-2)13-11-15/h4-5,7-8,10-13H,3,6,9,14H2,1-2H3. The van der Waals surface area contributed by atoms with E-state index in [0.717, 1.165) is 22.1 Å². The van der Waals surface area contributed by atoms with E-state index in [-0.39, 0.29) is 5.97 Å². The summed E-state index contributed by atoms with van der Waals surface area (Å²) in [6, 6.07) is 15.3. The smallest absolute Gasteiger partial charge is 0.305 e. The lowest BCUT2D eigenvalue weighted by Crippen LogP contribution is -2.08. The molecule has 0 atom stereocenters. The average Bonchev–Trinajstić information content (AvgIpc) is 3.21. The second kappa shape index (κ2) is 8.77. The van der Waals surface area contributed by atoms with Gasteiger partial charge in [-0.15, -0.1) is 15.3 Å². The first-order chi connectivity index (χ1) is 14.7. The molecule has 30 heavy (non-hydrogen) atoms. The summed E-state index contributed by atoms with van der Waals surface area (Å²) >= 11 is 0. The number of ether oxygens (including phenoxy) is 3. The minimum atomic E-state index is -0.227. The van der Waals surface area contributed by atoms with E-state index in [1.807, 2.05) is 48.5 Å². The topological polar surface area (TPSA) is 87.8 Å². The molecule has 0 bridgehead atoms. The fraction of sp³-hybridized carbons (Fsp3) is 0.273. The van der Waals surface area contributed by atoms with E-state index in [9.17, 15) is 4.79 Å². The Hall–Kier alpha value is -3.68. The first-order valence-electron chi connectivity index (χ1n) is 9.78. The van der Waals surface area contributed by atoms with Gasteiger partial charge in [0.25, 0.3) is 0 Å². The van der Waals surface area contributed by atoms with Crippen molar-refractivity contribution in [3.05, 3.63) is 48.5 Å². The molecule has 4 aromatic rings. The normalized spacial score (nSPS) is 11.0. The fourth-order valence-corrected chi connectivity index (χ4v) is 3.20. The van der Waals surface area contributed by atoms with Crippen LogP contribution in [0.5, 0.6) is 11.6 Å². The molecule has 0 saturated heterocycles. The third-order valence-electron chi connectivity index (χ3n) is 4.65. The number of rotatable bonds is 8. The van der Waals surface area contributed by atoms with Crippen molar-refractivity contribution in [1.82, 2.24) is 19.8 Å². The highest BCUT2D eigenvalue weighted by molar-refractivity contribution is 5.97. The summed E-state index contributed by atoms with van der Waals surface area (Å²) in [6.07, 6.45) is 0.845. The molecule has 0 radical (unpaired) electrons. The van der Waals surface area contributed by atoms with Crippen LogP contribution in [0.25, 0.3) is 27.8 Å². The number of carbonyl (C=O) groups excluding carboxylic acids is 1. The van der Waals surface area contributed by atoms with E-state index in [2.05, 4.69) is 15.3 Å². The predicted octanol–water partition coefficient (Wildman–Crippen LogP) is 3.68. The molecule has 4 rings (SSSR count). The van der Waals surface area contributed by atoms with Crippen LogP contribution in [0.2, 0.25) is 0 Å². The summed E-state index contributed by atoms with van der Waals surface area (Å²) in [4.78, 5) is 11.5. The molecular formula is C22H22N4O4.